The molecule has 18 heavy (non-hydrogen) atoms. The second kappa shape index (κ2) is 4.43. The van der Waals surface area contributed by atoms with Gasteiger partial charge in [0, 0.05) is 12.6 Å². The van der Waals surface area contributed by atoms with Gasteiger partial charge < -0.3 is 10.3 Å². The zero-order valence-corrected chi connectivity index (χ0v) is 12.7. The Kier molecular flexibility index (Phi) is 3.23. The van der Waals surface area contributed by atoms with E-state index in [0.29, 0.717) is 5.95 Å². The van der Waals surface area contributed by atoms with E-state index in [4.69, 9.17) is 5.73 Å². The van der Waals surface area contributed by atoms with Gasteiger partial charge in [-0.2, -0.15) is 0 Å². The third-order valence-corrected chi connectivity index (χ3v) is 3.66. The third-order valence-electron chi connectivity index (χ3n) is 3.11. The van der Waals surface area contributed by atoms with Gasteiger partial charge in [-0.25, -0.2) is 4.98 Å². The molecule has 2 aromatic rings. The predicted octanol–water partition coefficient (Wildman–Crippen LogP) is 3.73. The molecule has 0 aliphatic carbocycles. The Labute approximate surface area is 116 Å². The minimum Gasteiger partial charge on any atom is -0.369 e. The standard InChI is InChI=1S/C14H18BrN3/c1-14(2,3)10-7-5-9(6-8-10)11-12(15)17-13(16)18(11)4/h5-8H,1-4H3,(H2,16,17). The summed E-state index contributed by atoms with van der Waals surface area (Å²) < 4.78 is 2.67. The molecule has 0 aliphatic heterocycles. The molecule has 1 aromatic heterocycles. The van der Waals surface area contributed by atoms with E-state index in [1.807, 2.05) is 11.6 Å². The van der Waals surface area contributed by atoms with Gasteiger partial charge in [-0.1, -0.05) is 45.0 Å². The van der Waals surface area contributed by atoms with Crippen LogP contribution in [-0.4, -0.2) is 9.55 Å². The lowest BCUT2D eigenvalue weighted by atomic mass is 9.86. The van der Waals surface area contributed by atoms with Crippen molar-refractivity contribution in [2.45, 2.75) is 26.2 Å². The van der Waals surface area contributed by atoms with E-state index < -0.39 is 0 Å². The van der Waals surface area contributed by atoms with Crippen molar-refractivity contribution in [1.29, 1.82) is 0 Å². The van der Waals surface area contributed by atoms with E-state index in [1.54, 1.807) is 0 Å². The number of halogens is 1. The lowest BCUT2D eigenvalue weighted by Crippen LogP contribution is -2.10. The predicted molar refractivity (Wildman–Crippen MR) is 79.5 cm³/mol. The summed E-state index contributed by atoms with van der Waals surface area (Å²) in [4.78, 5) is 4.22. The first-order valence-electron chi connectivity index (χ1n) is 5.89. The summed E-state index contributed by atoms with van der Waals surface area (Å²) in [6.45, 7) is 6.62. The number of rotatable bonds is 1. The number of imidazole rings is 1. The maximum absolute atomic E-state index is 5.80. The fourth-order valence-electron chi connectivity index (χ4n) is 1.92. The topological polar surface area (TPSA) is 43.8 Å². The molecule has 0 unspecified atom stereocenters. The van der Waals surface area contributed by atoms with E-state index in [1.165, 1.54) is 5.56 Å². The fourth-order valence-corrected chi connectivity index (χ4v) is 2.60. The molecular weight excluding hydrogens is 290 g/mol. The quantitative estimate of drug-likeness (QED) is 0.872. The Hall–Kier alpha value is -1.29. The molecule has 0 aliphatic rings. The van der Waals surface area contributed by atoms with Gasteiger partial charge in [0.25, 0.3) is 0 Å². The first kappa shape index (κ1) is 13.1. The first-order valence-corrected chi connectivity index (χ1v) is 6.68. The molecule has 0 radical (unpaired) electrons. The average molecular weight is 308 g/mol. The number of nitrogens with two attached hydrogens (primary N) is 1. The molecule has 0 spiro atoms. The Balaban J connectivity index is 2.47. The van der Waals surface area contributed by atoms with Crippen LogP contribution in [0.1, 0.15) is 26.3 Å². The van der Waals surface area contributed by atoms with E-state index in [-0.39, 0.29) is 5.41 Å². The van der Waals surface area contributed by atoms with Crippen molar-refractivity contribution in [2.24, 2.45) is 7.05 Å². The highest BCUT2D eigenvalue weighted by Gasteiger charge is 2.16. The second-order valence-electron chi connectivity index (χ2n) is 5.50. The number of hydrogen-bond acceptors (Lipinski definition) is 2. The molecule has 3 nitrogen and oxygen atoms in total. The van der Waals surface area contributed by atoms with Crippen molar-refractivity contribution in [3.8, 4) is 11.3 Å². The highest BCUT2D eigenvalue weighted by molar-refractivity contribution is 9.10. The summed E-state index contributed by atoms with van der Waals surface area (Å²) in [6, 6.07) is 8.54. The maximum atomic E-state index is 5.80. The zero-order chi connectivity index (χ0) is 13.5. The third kappa shape index (κ3) is 2.29. The SMILES string of the molecule is Cn1c(N)nc(Br)c1-c1ccc(C(C)(C)C)cc1. The van der Waals surface area contributed by atoms with Crippen LogP contribution in [0.4, 0.5) is 5.95 Å². The largest absolute Gasteiger partial charge is 0.369 e. The number of aromatic nitrogens is 2. The summed E-state index contributed by atoms with van der Waals surface area (Å²) in [5.74, 6) is 0.511. The Bertz CT molecular complexity index is 562. The lowest BCUT2D eigenvalue weighted by molar-refractivity contribution is 0.590. The molecular formula is C14H18BrN3. The van der Waals surface area contributed by atoms with Crippen molar-refractivity contribution in [2.75, 3.05) is 5.73 Å². The Morgan fingerprint density at radius 1 is 1.17 bits per heavy atom. The van der Waals surface area contributed by atoms with Gasteiger partial charge in [0.1, 0.15) is 4.60 Å². The monoisotopic (exact) mass is 307 g/mol. The van der Waals surface area contributed by atoms with Crippen LogP contribution in [0.25, 0.3) is 11.3 Å². The summed E-state index contributed by atoms with van der Waals surface area (Å²) >= 11 is 3.45. The van der Waals surface area contributed by atoms with Crippen molar-refractivity contribution in [3.63, 3.8) is 0 Å². The van der Waals surface area contributed by atoms with Crippen molar-refractivity contribution < 1.29 is 0 Å². The van der Waals surface area contributed by atoms with Crippen LogP contribution in [-0.2, 0) is 12.5 Å². The maximum Gasteiger partial charge on any atom is 0.201 e. The molecule has 2 rings (SSSR count). The average Bonchev–Trinajstić information content (AvgIpc) is 2.52. The van der Waals surface area contributed by atoms with Crippen LogP contribution in [0.15, 0.2) is 28.9 Å². The molecule has 4 heteroatoms. The van der Waals surface area contributed by atoms with Gasteiger partial charge >= 0.3 is 0 Å². The highest BCUT2D eigenvalue weighted by atomic mass is 79.9. The molecule has 0 saturated heterocycles. The number of nitrogens with zero attached hydrogens (tertiary/aromatic N) is 2. The van der Waals surface area contributed by atoms with Gasteiger partial charge in [0.2, 0.25) is 5.95 Å². The van der Waals surface area contributed by atoms with Crippen LogP contribution < -0.4 is 5.73 Å². The number of nitrogen functional groups attached to an aromatic ring is 1. The van der Waals surface area contributed by atoms with Crippen LogP contribution >= 0.6 is 15.9 Å². The Morgan fingerprint density at radius 3 is 2.11 bits per heavy atom. The van der Waals surface area contributed by atoms with E-state index in [2.05, 4.69) is 66.0 Å². The van der Waals surface area contributed by atoms with Crippen LogP contribution in [0.3, 0.4) is 0 Å². The Morgan fingerprint density at radius 2 is 1.72 bits per heavy atom. The molecule has 1 heterocycles. The molecule has 2 N–H and O–H groups in total. The minimum atomic E-state index is 0.168. The first-order chi connectivity index (χ1) is 8.30. The molecule has 0 fully saturated rings. The number of anilines is 1. The van der Waals surface area contributed by atoms with Crippen molar-refractivity contribution in [3.05, 3.63) is 34.4 Å². The van der Waals surface area contributed by atoms with Gasteiger partial charge in [-0.3, -0.25) is 0 Å². The van der Waals surface area contributed by atoms with Crippen LogP contribution in [0.2, 0.25) is 0 Å². The summed E-state index contributed by atoms with van der Waals surface area (Å²) in [5, 5.41) is 0. The van der Waals surface area contributed by atoms with Crippen LogP contribution in [0, 0.1) is 0 Å². The van der Waals surface area contributed by atoms with Crippen LogP contribution in [0.5, 0.6) is 0 Å². The highest BCUT2D eigenvalue weighted by Crippen LogP contribution is 2.31. The van der Waals surface area contributed by atoms with E-state index in [0.717, 1.165) is 15.9 Å². The number of benzene rings is 1. The van der Waals surface area contributed by atoms with Gasteiger partial charge in [0.05, 0.1) is 5.69 Å². The molecule has 0 saturated carbocycles. The van der Waals surface area contributed by atoms with Gasteiger partial charge in [-0.15, -0.1) is 0 Å². The summed E-state index contributed by atoms with van der Waals surface area (Å²) in [7, 11) is 1.92. The smallest absolute Gasteiger partial charge is 0.201 e. The van der Waals surface area contributed by atoms with Gasteiger partial charge in [-0.05, 0) is 26.9 Å². The second-order valence-corrected chi connectivity index (χ2v) is 6.25. The molecule has 1 aromatic carbocycles. The molecule has 96 valence electrons. The summed E-state index contributed by atoms with van der Waals surface area (Å²) in [5.41, 5.74) is 9.40. The fraction of sp³-hybridized carbons (Fsp3) is 0.357. The lowest BCUT2D eigenvalue weighted by Gasteiger charge is -2.19. The summed E-state index contributed by atoms with van der Waals surface area (Å²) in [6.07, 6.45) is 0. The van der Waals surface area contributed by atoms with Crippen molar-refractivity contribution >= 4 is 21.9 Å². The van der Waals surface area contributed by atoms with Gasteiger partial charge in [0.15, 0.2) is 0 Å². The molecule has 0 atom stereocenters. The van der Waals surface area contributed by atoms with E-state index >= 15 is 0 Å². The molecule has 0 amide bonds. The normalized spacial score (nSPS) is 11.8. The molecule has 0 bridgehead atoms. The minimum absolute atomic E-state index is 0.168. The number of hydrogen-bond donors (Lipinski definition) is 1. The van der Waals surface area contributed by atoms with E-state index in [9.17, 15) is 0 Å². The zero-order valence-electron chi connectivity index (χ0n) is 11.2. The van der Waals surface area contributed by atoms with Crippen molar-refractivity contribution in [1.82, 2.24) is 9.55 Å².